The molecule has 18 heavy (non-hydrogen) atoms. The maximum atomic E-state index is 12.9. The van der Waals surface area contributed by atoms with Gasteiger partial charge in [-0.1, -0.05) is 68.0 Å². The van der Waals surface area contributed by atoms with E-state index in [-0.39, 0.29) is 5.56 Å². The first kappa shape index (κ1) is 12.9. The normalized spacial score (nSPS) is 15.8. The van der Waals surface area contributed by atoms with Gasteiger partial charge in [0, 0.05) is 5.56 Å². The Hall–Kier alpha value is -1.56. The number of hydrogen-bond acceptors (Lipinski definition) is 0. The Kier molecular flexibility index (Phi) is 2.33. The molecule has 0 N–H and O–H groups in total. The molecule has 0 saturated carbocycles. The fourth-order valence-electron chi connectivity index (χ4n) is 1.66. The average Bonchev–Trinajstić information content (AvgIpc) is 2.27. The molecule has 0 unspecified atom stereocenters. The highest BCUT2D eigenvalue weighted by atomic mass is 32.5. The van der Waals surface area contributed by atoms with Gasteiger partial charge >= 0.3 is 10.2 Å². The highest BCUT2D eigenvalue weighted by Crippen LogP contribution is 3.02. The quantitative estimate of drug-likeness (QED) is 0.591. The summed E-state index contributed by atoms with van der Waals surface area (Å²) in [4.78, 5) is -1.84. The molecule has 2 aromatic rings. The van der Waals surface area contributed by atoms with E-state index in [1.807, 2.05) is 0 Å². The summed E-state index contributed by atoms with van der Waals surface area (Å²) in [6.45, 7) is 0. The van der Waals surface area contributed by atoms with Gasteiger partial charge in [-0.25, -0.2) is 0 Å². The summed E-state index contributed by atoms with van der Waals surface area (Å²) in [6.07, 6.45) is 0. The van der Waals surface area contributed by atoms with Crippen LogP contribution in [0.4, 0.5) is 19.4 Å². The van der Waals surface area contributed by atoms with Crippen molar-refractivity contribution >= 4 is 10.2 Å². The van der Waals surface area contributed by atoms with Crippen LogP contribution in [0.2, 0.25) is 0 Å². The first-order valence-corrected chi connectivity index (χ1v) is 6.91. The number of rotatable bonds is 2. The minimum Gasteiger partial charge on any atom is -0.0936 e. The van der Waals surface area contributed by atoms with Crippen LogP contribution in [0, 0.1) is 0 Å². The lowest BCUT2D eigenvalue weighted by atomic mass is 10.1. The summed E-state index contributed by atoms with van der Waals surface area (Å²) in [5.41, 5.74) is -0.390. The smallest absolute Gasteiger partial charge is 0.0936 e. The Balaban J connectivity index is 2.75. The van der Waals surface area contributed by atoms with E-state index in [1.165, 1.54) is 30.3 Å². The molecular weight excluding hydrogens is 271 g/mol. The molecule has 0 saturated heterocycles. The lowest BCUT2D eigenvalue weighted by Gasteiger charge is -2.41. The topological polar surface area (TPSA) is 0 Å². The van der Waals surface area contributed by atoms with Crippen molar-refractivity contribution in [1.29, 1.82) is 0 Å². The Labute approximate surface area is 101 Å². The van der Waals surface area contributed by atoms with E-state index in [1.54, 1.807) is 6.07 Å². The molecule has 98 valence electrons. The van der Waals surface area contributed by atoms with E-state index in [2.05, 4.69) is 0 Å². The summed E-state index contributed by atoms with van der Waals surface area (Å²) < 4.78 is 64.5. The molecule has 0 amide bonds. The van der Waals surface area contributed by atoms with E-state index in [4.69, 9.17) is 0 Å². The van der Waals surface area contributed by atoms with Gasteiger partial charge in [0.1, 0.15) is 4.90 Å². The summed E-state index contributed by atoms with van der Waals surface area (Å²) in [5.74, 6) is 0. The van der Waals surface area contributed by atoms with Gasteiger partial charge in [0.15, 0.2) is 0 Å². The van der Waals surface area contributed by atoms with Crippen LogP contribution in [-0.4, -0.2) is 0 Å². The molecule has 2 aromatic carbocycles. The van der Waals surface area contributed by atoms with Gasteiger partial charge in [0.2, 0.25) is 0 Å². The third kappa shape index (κ3) is 2.64. The molecule has 0 atom stereocenters. The van der Waals surface area contributed by atoms with Crippen LogP contribution in [0.3, 0.4) is 0 Å². The summed E-state index contributed by atoms with van der Waals surface area (Å²) in [5, 5.41) is 0. The monoisotopic (exact) mass is 280 g/mol. The van der Waals surface area contributed by atoms with Gasteiger partial charge in [-0.2, -0.15) is 0 Å². The van der Waals surface area contributed by atoms with Crippen molar-refractivity contribution in [1.82, 2.24) is 0 Å². The summed E-state index contributed by atoms with van der Waals surface area (Å²) in [6, 6.07) is 11.0. The Bertz CT molecular complexity index is 574. The highest BCUT2D eigenvalue weighted by molar-refractivity contribution is 8.45. The number of halogens is 5. The van der Waals surface area contributed by atoms with E-state index in [0.29, 0.717) is 6.07 Å². The molecular formula is C12H9F5S. The second kappa shape index (κ2) is 3.26. The molecule has 0 fully saturated rings. The second-order valence-corrected chi connectivity index (χ2v) is 6.21. The lowest BCUT2D eigenvalue weighted by molar-refractivity contribution is 0.364. The Morgan fingerprint density at radius 1 is 0.611 bits per heavy atom. The van der Waals surface area contributed by atoms with Gasteiger partial charge in [0.05, 0.1) is 0 Å². The number of benzene rings is 2. The van der Waals surface area contributed by atoms with Crippen molar-refractivity contribution in [2.75, 3.05) is 0 Å². The fraction of sp³-hybridized carbons (Fsp3) is 0. The van der Waals surface area contributed by atoms with Crippen molar-refractivity contribution < 1.29 is 19.4 Å². The number of hydrogen-bond donors (Lipinski definition) is 0. The minimum absolute atomic E-state index is 0.112. The zero-order chi connectivity index (χ0) is 13.5. The van der Waals surface area contributed by atoms with Gasteiger partial charge < -0.3 is 0 Å². The molecule has 0 aliphatic rings. The van der Waals surface area contributed by atoms with Crippen LogP contribution < -0.4 is 0 Å². The molecule has 0 aliphatic carbocycles. The van der Waals surface area contributed by atoms with E-state index in [9.17, 15) is 19.4 Å². The molecule has 0 aromatic heterocycles. The Morgan fingerprint density at radius 2 is 1.11 bits per heavy atom. The molecule has 0 bridgehead atoms. The largest absolute Gasteiger partial charge is 0.311 e. The third-order valence-electron chi connectivity index (χ3n) is 2.39. The van der Waals surface area contributed by atoms with Crippen molar-refractivity contribution in [2.45, 2.75) is 4.90 Å². The van der Waals surface area contributed by atoms with Gasteiger partial charge in [-0.15, -0.1) is 0 Å². The molecule has 2 rings (SSSR count). The van der Waals surface area contributed by atoms with Crippen molar-refractivity contribution in [2.24, 2.45) is 0 Å². The molecule has 0 aliphatic heterocycles. The van der Waals surface area contributed by atoms with Crippen LogP contribution in [0.1, 0.15) is 0 Å². The SMILES string of the molecule is FS(F)(F)(F)(F)c1ccccc1-c1ccccc1. The van der Waals surface area contributed by atoms with Gasteiger partial charge in [-0.3, -0.25) is 0 Å². The first-order valence-electron chi connectivity index (χ1n) is 4.96. The van der Waals surface area contributed by atoms with Crippen molar-refractivity contribution in [3.05, 3.63) is 54.6 Å². The molecule has 0 spiro atoms. The van der Waals surface area contributed by atoms with E-state index in [0.717, 1.165) is 12.1 Å². The molecule has 0 radical (unpaired) electrons. The highest BCUT2D eigenvalue weighted by Gasteiger charge is 2.66. The van der Waals surface area contributed by atoms with Crippen LogP contribution in [0.15, 0.2) is 59.5 Å². The minimum atomic E-state index is -9.67. The standard InChI is InChI=1S/C12H9F5S/c13-18(14,15,16,17)12-9-5-4-8-11(12)10-6-2-1-3-7-10/h1-9H. The average molecular weight is 280 g/mol. The van der Waals surface area contributed by atoms with Crippen LogP contribution in [0.5, 0.6) is 0 Å². The Morgan fingerprint density at radius 3 is 1.67 bits per heavy atom. The fourth-order valence-corrected chi connectivity index (χ4v) is 2.60. The van der Waals surface area contributed by atoms with E-state index >= 15 is 0 Å². The predicted octanol–water partition coefficient (Wildman–Crippen LogP) is 6.01. The van der Waals surface area contributed by atoms with Crippen LogP contribution >= 0.6 is 10.2 Å². The predicted molar refractivity (Wildman–Crippen MR) is 63.3 cm³/mol. The van der Waals surface area contributed by atoms with Crippen molar-refractivity contribution in [3.63, 3.8) is 0 Å². The molecule has 0 heterocycles. The van der Waals surface area contributed by atoms with Gasteiger partial charge in [-0.05, 0) is 11.6 Å². The zero-order valence-corrected chi connectivity index (χ0v) is 9.81. The second-order valence-electron chi connectivity index (χ2n) is 3.83. The van der Waals surface area contributed by atoms with Crippen LogP contribution in [-0.2, 0) is 0 Å². The first-order chi connectivity index (χ1) is 8.08. The van der Waals surface area contributed by atoms with Gasteiger partial charge in [0.25, 0.3) is 0 Å². The lowest BCUT2D eigenvalue weighted by Crippen LogP contribution is -2.07. The third-order valence-corrected chi connectivity index (χ3v) is 3.57. The molecule has 0 nitrogen and oxygen atoms in total. The zero-order valence-electron chi connectivity index (χ0n) is 8.99. The molecule has 6 heteroatoms. The van der Waals surface area contributed by atoms with E-state index < -0.39 is 20.7 Å². The summed E-state index contributed by atoms with van der Waals surface area (Å²) in [7, 11) is -9.67. The summed E-state index contributed by atoms with van der Waals surface area (Å²) >= 11 is 0. The van der Waals surface area contributed by atoms with Crippen LogP contribution in [0.25, 0.3) is 11.1 Å². The maximum Gasteiger partial charge on any atom is 0.311 e. The van der Waals surface area contributed by atoms with Crippen molar-refractivity contribution in [3.8, 4) is 11.1 Å². The maximum absolute atomic E-state index is 12.9.